The van der Waals surface area contributed by atoms with Gasteiger partial charge in [-0.15, -0.1) is 0 Å². The number of hydrogen-bond donors (Lipinski definition) is 2. The first-order valence-corrected chi connectivity index (χ1v) is 13.9. The van der Waals surface area contributed by atoms with Crippen LogP contribution < -0.4 is 21.9 Å². The third-order valence-electron chi connectivity index (χ3n) is 6.21. The Labute approximate surface area is 247 Å². The van der Waals surface area contributed by atoms with Crippen molar-refractivity contribution in [1.82, 2.24) is 19.8 Å². The molecule has 242 valence electrons. The lowest BCUT2D eigenvalue weighted by Crippen LogP contribution is -2.49. The Hall–Kier alpha value is -3.79. The van der Waals surface area contributed by atoms with Crippen molar-refractivity contribution in [2.24, 2.45) is 17.8 Å². The molecule has 0 saturated carbocycles. The first-order valence-electron chi connectivity index (χ1n) is 13.9. The van der Waals surface area contributed by atoms with Gasteiger partial charge in [0.05, 0.1) is 17.8 Å². The minimum atomic E-state index is -3.08. The van der Waals surface area contributed by atoms with Gasteiger partial charge in [0.2, 0.25) is 6.10 Å². The van der Waals surface area contributed by atoms with Crippen LogP contribution in [0.2, 0.25) is 0 Å². The summed E-state index contributed by atoms with van der Waals surface area (Å²) in [6, 6.07) is 0.923. The second-order valence-electron chi connectivity index (χ2n) is 10.8. The topological polar surface area (TPSA) is 182 Å². The maximum Gasteiger partial charge on any atom is 0.408 e. The molecule has 15 nitrogen and oxygen atoms in total. The van der Waals surface area contributed by atoms with Crippen molar-refractivity contribution >= 4 is 24.0 Å². The number of carbonyl (C=O) groups is 4. The van der Waals surface area contributed by atoms with E-state index in [1.54, 1.807) is 7.05 Å². The van der Waals surface area contributed by atoms with Crippen LogP contribution in [0, 0.1) is 17.8 Å². The summed E-state index contributed by atoms with van der Waals surface area (Å²) in [5, 5.41) is 5.37. The van der Waals surface area contributed by atoms with Gasteiger partial charge < -0.3 is 34.3 Å². The van der Waals surface area contributed by atoms with E-state index in [2.05, 4.69) is 10.6 Å². The summed E-state index contributed by atoms with van der Waals surface area (Å²) in [4.78, 5) is 75.4. The van der Waals surface area contributed by atoms with Gasteiger partial charge in [0.1, 0.15) is 0 Å². The smallest absolute Gasteiger partial charge is 0.408 e. The van der Waals surface area contributed by atoms with Gasteiger partial charge in [-0.25, -0.2) is 18.5 Å². The van der Waals surface area contributed by atoms with Gasteiger partial charge in [0.15, 0.2) is 25.7 Å². The molecule has 0 unspecified atom stereocenters. The first kappa shape index (κ1) is 35.4. The minimum Gasteiger partial charge on any atom is -0.459 e. The highest BCUT2D eigenvalue weighted by Gasteiger charge is 2.62. The van der Waals surface area contributed by atoms with Gasteiger partial charge in [0.25, 0.3) is 11.4 Å². The SMILES string of the molecule is CNCCCNC(=O)OCn1c(=O)ccn([C@@H]2O[C@](F)(COC(=O)C(C)C)[C@@H](OC(=O)C(C)C)[C@H]2OC(=O)C(C)C)c1=O. The lowest BCUT2D eigenvalue weighted by atomic mass is 10.1. The molecule has 0 spiro atoms. The number of alkyl halides is 1. The molecule has 2 heterocycles. The lowest BCUT2D eigenvalue weighted by Gasteiger charge is -2.28. The molecule has 0 bridgehead atoms. The molecule has 2 N–H and O–H groups in total. The predicted octanol–water partition coefficient (Wildman–Crippen LogP) is 0.833. The number of halogens is 1. The predicted molar refractivity (Wildman–Crippen MR) is 147 cm³/mol. The molecule has 0 radical (unpaired) electrons. The quantitative estimate of drug-likeness (QED) is 0.171. The third-order valence-corrected chi connectivity index (χ3v) is 6.21. The number of nitrogens with zero attached hydrogens (tertiary/aromatic N) is 2. The molecule has 1 amide bonds. The second kappa shape index (κ2) is 15.6. The number of carbonyl (C=O) groups excluding carboxylic acids is 4. The monoisotopic (exact) mass is 616 g/mol. The average Bonchev–Trinajstić information content (AvgIpc) is 3.20. The second-order valence-corrected chi connectivity index (χ2v) is 10.8. The summed E-state index contributed by atoms with van der Waals surface area (Å²) in [6.45, 7) is 8.03. The van der Waals surface area contributed by atoms with E-state index in [1.807, 2.05) is 0 Å². The summed E-state index contributed by atoms with van der Waals surface area (Å²) in [5.74, 6) is -7.70. The average molecular weight is 617 g/mol. The standard InChI is InChI=1S/C27H41FN4O11/c1-15(2)22(34)39-13-27(28)20(42-24(36)17(5)6)19(41-23(35)16(3)4)21(43-27)31-12-9-18(33)32(26(31)38)14-40-25(37)30-11-8-10-29-7/h9,12,15-17,19-21,29H,8,10-11,13-14H2,1-7H3,(H,30,37)/t19-,20+,21-,27-/m1/s1. The number of esters is 3. The Morgan fingerprint density at radius 2 is 1.56 bits per heavy atom. The summed E-state index contributed by atoms with van der Waals surface area (Å²) < 4.78 is 44.3. The maximum atomic E-state index is 16.6. The van der Waals surface area contributed by atoms with Crippen LogP contribution in [0.15, 0.2) is 21.9 Å². The van der Waals surface area contributed by atoms with Gasteiger partial charge in [0, 0.05) is 18.8 Å². The van der Waals surface area contributed by atoms with Crippen LogP contribution in [0.25, 0.3) is 0 Å². The van der Waals surface area contributed by atoms with Crippen LogP contribution in [0.1, 0.15) is 54.2 Å². The fraction of sp³-hybridized carbons (Fsp3) is 0.704. The van der Waals surface area contributed by atoms with Crippen molar-refractivity contribution in [3.05, 3.63) is 33.1 Å². The highest BCUT2D eigenvalue weighted by Crippen LogP contribution is 2.42. The molecule has 1 aromatic heterocycles. The molecular formula is C27H41FN4O11. The molecule has 1 saturated heterocycles. The number of hydrogen-bond acceptors (Lipinski definition) is 12. The zero-order valence-corrected chi connectivity index (χ0v) is 25.4. The Morgan fingerprint density at radius 3 is 2.14 bits per heavy atom. The molecule has 1 aliphatic heterocycles. The first-order chi connectivity index (χ1) is 20.1. The largest absolute Gasteiger partial charge is 0.459 e. The van der Waals surface area contributed by atoms with E-state index < -0.39 is 90.6 Å². The van der Waals surface area contributed by atoms with Crippen LogP contribution in [0.4, 0.5) is 9.18 Å². The summed E-state index contributed by atoms with van der Waals surface area (Å²) in [5.41, 5.74) is -1.98. The van der Waals surface area contributed by atoms with Crippen molar-refractivity contribution in [3.63, 3.8) is 0 Å². The van der Waals surface area contributed by atoms with E-state index in [0.717, 1.165) is 16.8 Å². The van der Waals surface area contributed by atoms with Crippen LogP contribution in [-0.2, 0) is 44.8 Å². The number of alkyl carbamates (subject to hydrolysis) is 1. The zero-order chi connectivity index (χ0) is 32.5. The fourth-order valence-electron chi connectivity index (χ4n) is 3.68. The van der Waals surface area contributed by atoms with Crippen LogP contribution in [0.5, 0.6) is 0 Å². The van der Waals surface area contributed by atoms with E-state index in [4.69, 9.17) is 23.7 Å². The van der Waals surface area contributed by atoms with Crippen molar-refractivity contribution < 1.29 is 47.3 Å². The number of nitrogens with one attached hydrogen (secondary N) is 2. The molecule has 4 atom stereocenters. The van der Waals surface area contributed by atoms with Gasteiger partial charge in [-0.3, -0.25) is 23.7 Å². The van der Waals surface area contributed by atoms with Crippen molar-refractivity contribution in [2.75, 3.05) is 26.7 Å². The van der Waals surface area contributed by atoms with Crippen LogP contribution >= 0.6 is 0 Å². The maximum absolute atomic E-state index is 16.6. The lowest BCUT2D eigenvalue weighted by molar-refractivity contribution is -0.226. The molecule has 1 aliphatic rings. The highest BCUT2D eigenvalue weighted by molar-refractivity contribution is 5.73. The molecular weight excluding hydrogens is 575 g/mol. The van der Waals surface area contributed by atoms with Crippen molar-refractivity contribution in [3.8, 4) is 0 Å². The van der Waals surface area contributed by atoms with Crippen LogP contribution in [-0.4, -0.2) is 77.9 Å². The molecule has 16 heteroatoms. The molecule has 1 aromatic rings. The third kappa shape index (κ3) is 9.35. The number of amides is 1. The molecule has 43 heavy (non-hydrogen) atoms. The van der Waals surface area contributed by atoms with E-state index in [0.29, 0.717) is 17.5 Å². The van der Waals surface area contributed by atoms with Crippen LogP contribution in [0.3, 0.4) is 0 Å². The summed E-state index contributed by atoms with van der Waals surface area (Å²) in [7, 11) is 1.75. The summed E-state index contributed by atoms with van der Waals surface area (Å²) in [6.07, 6.45) is -4.88. The van der Waals surface area contributed by atoms with Gasteiger partial charge in [-0.1, -0.05) is 41.5 Å². The van der Waals surface area contributed by atoms with E-state index >= 15 is 4.39 Å². The molecule has 0 aliphatic carbocycles. The van der Waals surface area contributed by atoms with Crippen molar-refractivity contribution in [1.29, 1.82) is 0 Å². The summed E-state index contributed by atoms with van der Waals surface area (Å²) >= 11 is 0. The number of ether oxygens (including phenoxy) is 5. The van der Waals surface area contributed by atoms with E-state index in [9.17, 15) is 28.8 Å². The zero-order valence-electron chi connectivity index (χ0n) is 25.4. The van der Waals surface area contributed by atoms with Gasteiger partial charge in [-0.05, 0) is 20.0 Å². The highest BCUT2D eigenvalue weighted by atomic mass is 19.2. The molecule has 0 aromatic carbocycles. The minimum absolute atomic E-state index is 0.267. The number of aromatic nitrogens is 2. The fourth-order valence-corrected chi connectivity index (χ4v) is 3.68. The van der Waals surface area contributed by atoms with E-state index in [-0.39, 0.29) is 6.54 Å². The Balaban J connectivity index is 2.52. The van der Waals surface area contributed by atoms with Gasteiger partial charge >= 0.3 is 29.7 Å². The van der Waals surface area contributed by atoms with E-state index in [1.165, 1.54) is 41.5 Å². The Kier molecular flexibility index (Phi) is 12.9. The Morgan fingerprint density at radius 1 is 0.953 bits per heavy atom. The molecule has 2 rings (SSSR count). The molecule has 1 fully saturated rings. The Bertz CT molecular complexity index is 1260. The normalized spacial score (nSPS) is 21.6. The number of rotatable bonds is 14. The van der Waals surface area contributed by atoms with Crippen molar-refractivity contribution in [2.45, 2.75) is 79.0 Å². The van der Waals surface area contributed by atoms with Gasteiger partial charge in [-0.2, -0.15) is 0 Å².